The van der Waals surface area contributed by atoms with Gasteiger partial charge in [-0.2, -0.15) is 0 Å². The van der Waals surface area contributed by atoms with E-state index in [-0.39, 0.29) is 5.91 Å². The minimum Gasteiger partial charge on any atom is -0.493 e. The average molecular weight is 327 g/mol. The Labute approximate surface area is 118 Å². The summed E-state index contributed by atoms with van der Waals surface area (Å²) in [6.07, 6.45) is 0.583. The molecule has 1 spiro atoms. The van der Waals surface area contributed by atoms with Crippen molar-refractivity contribution in [3.63, 3.8) is 0 Å². The van der Waals surface area contributed by atoms with E-state index in [0.29, 0.717) is 18.1 Å². The number of amides is 1. The highest BCUT2D eigenvalue weighted by atomic mass is 79.9. The molecule has 1 atom stereocenters. The number of hydrogen-bond donors (Lipinski definition) is 1. The van der Waals surface area contributed by atoms with Crippen LogP contribution in [0.2, 0.25) is 0 Å². The van der Waals surface area contributed by atoms with E-state index in [2.05, 4.69) is 21.2 Å². The number of hydrogen-bond acceptors (Lipinski definition) is 3. The molecular weight excluding hydrogens is 316 g/mol. The minimum atomic E-state index is -0.761. The Bertz CT molecular complexity index is 563. The first-order valence-corrected chi connectivity index (χ1v) is 6.78. The van der Waals surface area contributed by atoms with Gasteiger partial charge in [-0.15, -0.1) is 0 Å². The van der Waals surface area contributed by atoms with Crippen LogP contribution in [0.5, 0.6) is 5.75 Å². The van der Waals surface area contributed by atoms with Crippen molar-refractivity contribution in [1.29, 1.82) is 0 Å². The summed E-state index contributed by atoms with van der Waals surface area (Å²) in [5.74, 6) is 0.721. The molecule has 1 fully saturated rings. The first kappa shape index (κ1) is 11.9. The lowest BCUT2D eigenvalue weighted by molar-refractivity contribution is -0.131. The molecule has 1 aromatic carbocycles. The number of fused-ring (bicyclic) bond motifs is 2. The van der Waals surface area contributed by atoms with Gasteiger partial charge in [-0.05, 0) is 30.4 Å². The first-order valence-electron chi connectivity index (χ1n) is 5.58. The molecule has 1 aromatic rings. The van der Waals surface area contributed by atoms with E-state index >= 15 is 0 Å². The van der Waals surface area contributed by atoms with E-state index in [1.165, 1.54) is 4.90 Å². The Morgan fingerprint density at radius 1 is 1.56 bits per heavy atom. The number of nitrogens with one attached hydrogen (secondary N) is 1. The number of ether oxygens (including phenoxy) is 1. The normalized spacial score (nSPS) is 26.0. The van der Waals surface area contributed by atoms with Gasteiger partial charge in [0.25, 0.3) is 5.91 Å². The quantitative estimate of drug-likeness (QED) is 0.738. The second kappa shape index (κ2) is 3.93. The van der Waals surface area contributed by atoms with Crippen LogP contribution in [0.1, 0.15) is 12.0 Å². The number of thiocarbonyl (C=S) groups is 1. The van der Waals surface area contributed by atoms with E-state index in [4.69, 9.17) is 17.0 Å². The molecule has 2 heterocycles. The van der Waals surface area contributed by atoms with Crippen molar-refractivity contribution in [2.45, 2.75) is 12.0 Å². The Hall–Kier alpha value is -1.14. The summed E-state index contributed by atoms with van der Waals surface area (Å²) in [7, 11) is 1.69. The largest absolute Gasteiger partial charge is 0.493 e. The predicted octanol–water partition coefficient (Wildman–Crippen LogP) is 1.77. The van der Waals surface area contributed by atoms with Gasteiger partial charge in [0.15, 0.2) is 10.7 Å². The van der Waals surface area contributed by atoms with E-state index in [1.54, 1.807) is 7.05 Å². The fourth-order valence-electron chi connectivity index (χ4n) is 2.46. The molecule has 0 aliphatic carbocycles. The number of carbonyl (C=O) groups is 1. The van der Waals surface area contributed by atoms with Gasteiger partial charge in [0, 0.05) is 23.5 Å². The van der Waals surface area contributed by atoms with Gasteiger partial charge in [-0.3, -0.25) is 9.69 Å². The maximum absolute atomic E-state index is 12.5. The number of likely N-dealkylation sites (N-methyl/N-ethyl adjacent to an activating group) is 1. The smallest absolute Gasteiger partial charge is 0.259 e. The average Bonchev–Trinajstić information content (AvgIpc) is 2.56. The van der Waals surface area contributed by atoms with Gasteiger partial charge in [0.2, 0.25) is 0 Å². The van der Waals surface area contributed by atoms with Crippen molar-refractivity contribution < 1.29 is 9.53 Å². The number of nitrogens with zero attached hydrogens (tertiary/aromatic N) is 1. The van der Waals surface area contributed by atoms with Crippen LogP contribution in [0.25, 0.3) is 0 Å². The Morgan fingerprint density at radius 3 is 3.00 bits per heavy atom. The van der Waals surface area contributed by atoms with E-state index < -0.39 is 5.54 Å². The van der Waals surface area contributed by atoms with Crippen LogP contribution < -0.4 is 10.1 Å². The highest BCUT2D eigenvalue weighted by Crippen LogP contribution is 2.41. The van der Waals surface area contributed by atoms with Crippen molar-refractivity contribution in [1.82, 2.24) is 10.2 Å². The molecule has 18 heavy (non-hydrogen) atoms. The number of carbonyl (C=O) groups excluding carboxylic acids is 1. The third-order valence-electron chi connectivity index (χ3n) is 3.43. The zero-order valence-electron chi connectivity index (χ0n) is 9.70. The number of benzene rings is 1. The van der Waals surface area contributed by atoms with Crippen LogP contribution in [-0.4, -0.2) is 29.6 Å². The Morgan fingerprint density at radius 2 is 2.33 bits per heavy atom. The van der Waals surface area contributed by atoms with Crippen LogP contribution in [0.4, 0.5) is 0 Å². The molecule has 94 valence electrons. The molecule has 1 N–H and O–H groups in total. The van der Waals surface area contributed by atoms with Crippen molar-refractivity contribution in [3.05, 3.63) is 28.2 Å². The van der Waals surface area contributed by atoms with Gasteiger partial charge in [-0.25, -0.2) is 0 Å². The molecule has 2 aliphatic heterocycles. The van der Waals surface area contributed by atoms with Gasteiger partial charge in [0.1, 0.15) is 5.75 Å². The first-order chi connectivity index (χ1) is 8.54. The molecular formula is C12H11BrN2O2S. The lowest BCUT2D eigenvalue weighted by atomic mass is 9.84. The van der Waals surface area contributed by atoms with Gasteiger partial charge < -0.3 is 10.1 Å². The molecule has 3 rings (SSSR count). The monoisotopic (exact) mass is 326 g/mol. The van der Waals surface area contributed by atoms with Crippen molar-refractivity contribution in [2.75, 3.05) is 13.7 Å². The standard InChI is InChI=1S/C12H11BrN2O2S/c1-15-10(16)12(14-11(15)18)4-5-17-9-3-2-7(13)6-8(9)12/h2-3,6H,4-5H2,1H3,(H,14,18)/t12-/m1/s1. The van der Waals surface area contributed by atoms with E-state index in [0.717, 1.165) is 15.8 Å². The summed E-state index contributed by atoms with van der Waals surface area (Å²) in [6, 6.07) is 5.69. The predicted molar refractivity (Wildman–Crippen MR) is 74.4 cm³/mol. The van der Waals surface area contributed by atoms with Crippen LogP contribution >= 0.6 is 28.1 Å². The minimum absolute atomic E-state index is 0.0184. The number of rotatable bonds is 0. The molecule has 0 radical (unpaired) electrons. The molecule has 2 aliphatic rings. The third-order valence-corrected chi connectivity index (χ3v) is 4.30. The third kappa shape index (κ3) is 1.48. The summed E-state index contributed by atoms with van der Waals surface area (Å²) in [4.78, 5) is 14.0. The summed E-state index contributed by atoms with van der Waals surface area (Å²) >= 11 is 8.61. The summed E-state index contributed by atoms with van der Waals surface area (Å²) in [6.45, 7) is 0.504. The van der Waals surface area contributed by atoms with Gasteiger partial charge >= 0.3 is 0 Å². The van der Waals surface area contributed by atoms with Crippen molar-refractivity contribution in [3.8, 4) is 5.75 Å². The topological polar surface area (TPSA) is 41.6 Å². The van der Waals surface area contributed by atoms with Crippen LogP contribution in [-0.2, 0) is 10.3 Å². The fourth-order valence-corrected chi connectivity index (χ4v) is 3.08. The molecule has 1 amide bonds. The molecule has 0 bridgehead atoms. The van der Waals surface area contributed by atoms with Crippen molar-refractivity contribution >= 4 is 39.2 Å². The van der Waals surface area contributed by atoms with E-state index in [9.17, 15) is 4.79 Å². The number of halogens is 1. The highest BCUT2D eigenvalue weighted by molar-refractivity contribution is 9.10. The molecule has 4 nitrogen and oxygen atoms in total. The maximum atomic E-state index is 12.5. The van der Waals surface area contributed by atoms with Crippen LogP contribution in [0.15, 0.2) is 22.7 Å². The second-order valence-electron chi connectivity index (χ2n) is 4.44. The van der Waals surface area contributed by atoms with E-state index in [1.807, 2.05) is 18.2 Å². The fraction of sp³-hybridized carbons (Fsp3) is 0.333. The Kier molecular flexibility index (Phi) is 2.60. The zero-order chi connectivity index (χ0) is 12.9. The Balaban J connectivity index is 2.19. The van der Waals surface area contributed by atoms with Crippen LogP contribution in [0.3, 0.4) is 0 Å². The zero-order valence-corrected chi connectivity index (χ0v) is 12.1. The van der Waals surface area contributed by atoms with Gasteiger partial charge in [-0.1, -0.05) is 15.9 Å². The molecule has 1 saturated heterocycles. The molecule has 0 aromatic heterocycles. The highest BCUT2D eigenvalue weighted by Gasteiger charge is 2.52. The van der Waals surface area contributed by atoms with Gasteiger partial charge in [0.05, 0.1) is 6.61 Å². The molecule has 0 saturated carbocycles. The second-order valence-corrected chi connectivity index (χ2v) is 5.74. The lowest BCUT2D eigenvalue weighted by Crippen LogP contribution is -2.47. The summed E-state index contributed by atoms with van der Waals surface area (Å²) in [5, 5.41) is 3.62. The molecule has 6 heteroatoms. The molecule has 0 unspecified atom stereocenters. The maximum Gasteiger partial charge on any atom is 0.259 e. The summed E-state index contributed by atoms with van der Waals surface area (Å²) < 4.78 is 6.53. The SMILES string of the molecule is CN1C(=O)[C@]2(CCOc3ccc(Br)cc32)NC1=S. The lowest BCUT2D eigenvalue weighted by Gasteiger charge is -2.33. The van der Waals surface area contributed by atoms with Crippen LogP contribution in [0, 0.1) is 0 Å². The summed E-state index contributed by atoms with van der Waals surface area (Å²) in [5.41, 5.74) is 0.0863. The van der Waals surface area contributed by atoms with Crippen molar-refractivity contribution in [2.24, 2.45) is 0 Å².